The largest absolute Gasteiger partial charge is 0.366 e. The third kappa shape index (κ3) is 4.78. The van der Waals surface area contributed by atoms with Crippen LogP contribution in [0.4, 0.5) is 5.69 Å². The second kappa shape index (κ2) is 8.97. The van der Waals surface area contributed by atoms with Crippen LogP contribution in [-0.2, 0) is 11.3 Å². The molecule has 0 unspecified atom stereocenters. The average Bonchev–Trinajstić information content (AvgIpc) is 2.94. The van der Waals surface area contributed by atoms with Crippen LogP contribution in [0.2, 0.25) is 5.02 Å². The Morgan fingerprint density at radius 3 is 2.57 bits per heavy atom. The second-order valence-electron chi connectivity index (χ2n) is 7.05. The molecule has 0 bridgehead atoms. The summed E-state index contributed by atoms with van der Waals surface area (Å²) in [4.78, 5) is 23.7. The molecule has 0 saturated carbocycles. The molecule has 1 heterocycles. The lowest BCUT2D eigenvalue weighted by molar-refractivity contribution is -0.111. The lowest BCUT2D eigenvalue weighted by Gasteiger charge is -2.07. The Kier molecular flexibility index (Phi) is 6.37. The summed E-state index contributed by atoms with van der Waals surface area (Å²) in [7, 11) is 0. The van der Waals surface area contributed by atoms with Gasteiger partial charge < -0.3 is 11.1 Å². The van der Waals surface area contributed by atoms with E-state index in [0.717, 1.165) is 22.5 Å². The summed E-state index contributed by atoms with van der Waals surface area (Å²) in [5.41, 5.74) is 10.7. The van der Waals surface area contributed by atoms with E-state index >= 15 is 0 Å². The fraction of sp³-hybridized carbons (Fsp3) is 0.174. The molecule has 1 aromatic heterocycles. The maximum absolute atomic E-state index is 12.3. The van der Waals surface area contributed by atoms with Gasteiger partial charge in [-0.05, 0) is 62.2 Å². The van der Waals surface area contributed by atoms with E-state index < -0.39 is 5.91 Å². The molecule has 0 aliphatic carbocycles. The van der Waals surface area contributed by atoms with Crippen LogP contribution in [0, 0.1) is 20.8 Å². The molecule has 0 saturated heterocycles. The Hall–Kier alpha value is -3.38. The molecule has 0 aliphatic heterocycles. The summed E-state index contributed by atoms with van der Waals surface area (Å²) >= 11 is 6.26. The lowest BCUT2D eigenvalue weighted by atomic mass is 10.1. The van der Waals surface area contributed by atoms with E-state index in [1.165, 1.54) is 6.08 Å². The summed E-state index contributed by atoms with van der Waals surface area (Å²) in [5, 5.41) is 8.06. The molecule has 3 rings (SSSR count). The van der Waals surface area contributed by atoms with E-state index in [2.05, 4.69) is 10.4 Å². The zero-order valence-electron chi connectivity index (χ0n) is 17.1. The van der Waals surface area contributed by atoms with E-state index in [4.69, 9.17) is 17.3 Å². The van der Waals surface area contributed by atoms with Crippen LogP contribution in [-0.4, -0.2) is 21.6 Å². The first-order chi connectivity index (χ1) is 14.3. The number of nitrogens with one attached hydrogen (secondary N) is 1. The number of benzene rings is 2. The number of aryl methyl sites for hydroxylation is 2. The van der Waals surface area contributed by atoms with Crippen molar-refractivity contribution >= 4 is 35.2 Å². The van der Waals surface area contributed by atoms with Crippen molar-refractivity contribution in [1.82, 2.24) is 9.78 Å². The average molecular weight is 423 g/mol. The predicted molar refractivity (Wildman–Crippen MR) is 120 cm³/mol. The molecule has 3 N–H and O–H groups in total. The van der Waals surface area contributed by atoms with Gasteiger partial charge in [0.1, 0.15) is 0 Å². The molecule has 2 aromatic carbocycles. The highest BCUT2D eigenvalue weighted by Crippen LogP contribution is 2.20. The maximum Gasteiger partial charge on any atom is 0.248 e. The van der Waals surface area contributed by atoms with Crippen LogP contribution >= 0.6 is 11.6 Å². The van der Waals surface area contributed by atoms with Crippen molar-refractivity contribution < 1.29 is 9.59 Å². The van der Waals surface area contributed by atoms with Gasteiger partial charge in [-0.15, -0.1) is 0 Å². The van der Waals surface area contributed by atoms with Gasteiger partial charge in [0.25, 0.3) is 0 Å². The molecule has 7 heteroatoms. The van der Waals surface area contributed by atoms with Crippen LogP contribution < -0.4 is 11.1 Å². The number of aromatic nitrogens is 2. The van der Waals surface area contributed by atoms with Crippen LogP contribution in [0.1, 0.15) is 38.4 Å². The SMILES string of the molecule is Cc1cc(NC(=O)/C=C/c2c(C)nn(Cc3ccccc3Cl)c2C)ccc1C(N)=O. The third-order valence-corrected chi connectivity index (χ3v) is 5.24. The number of rotatable bonds is 6. The fourth-order valence-electron chi connectivity index (χ4n) is 3.25. The molecule has 0 atom stereocenters. The van der Waals surface area contributed by atoms with E-state index in [-0.39, 0.29) is 5.91 Å². The van der Waals surface area contributed by atoms with Crippen LogP contribution in [0.15, 0.2) is 48.5 Å². The highest BCUT2D eigenvalue weighted by atomic mass is 35.5. The summed E-state index contributed by atoms with van der Waals surface area (Å²) in [6, 6.07) is 12.6. The van der Waals surface area contributed by atoms with Crippen molar-refractivity contribution in [3.05, 3.63) is 87.2 Å². The second-order valence-corrected chi connectivity index (χ2v) is 7.46. The Balaban J connectivity index is 1.74. The minimum atomic E-state index is -0.495. The monoisotopic (exact) mass is 422 g/mol. The van der Waals surface area contributed by atoms with Gasteiger partial charge >= 0.3 is 0 Å². The summed E-state index contributed by atoms with van der Waals surface area (Å²) in [5.74, 6) is -0.774. The molecule has 154 valence electrons. The number of nitrogens with two attached hydrogens (primary N) is 1. The van der Waals surface area contributed by atoms with Crippen molar-refractivity contribution in [2.45, 2.75) is 27.3 Å². The Morgan fingerprint density at radius 2 is 1.90 bits per heavy atom. The van der Waals surface area contributed by atoms with Gasteiger partial charge in [0.15, 0.2) is 0 Å². The number of amides is 2. The van der Waals surface area contributed by atoms with Gasteiger partial charge in [-0.2, -0.15) is 5.10 Å². The standard InChI is InChI=1S/C23H23ClN4O2/c1-14-12-18(8-9-19(14)23(25)30)26-22(29)11-10-20-15(2)27-28(16(20)3)13-17-6-4-5-7-21(17)24/h4-12H,13H2,1-3H3,(H2,25,30)(H,26,29)/b11-10+. The number of anilines is 1. The summed E-state index contributed by atoms with van der Waals surface area (Å²) in [6.07, 6.45) is 3.22. The normalized spacial score (nSPS) is 11.1. The van der Waals surface area contributed by atoms with Crippen molar-refractivity contribution in [2.24, 2.45) is 5.73 Å². The van der Waals surface area contributed by atoms with E-state index in [1.807, 2.05) is 42.8 Å². The Bertz CT molecular complexity index is 1150. The van der Waals surface area contributed by atoms with Crippen LogP contribution in [0.25, 0.3) is 6.08 Å². The number of carbonyl (C=O) groups excluding carboxylic acids is 2. The smallest absolute Gasteiger partial charge is 0.248 e. The molecule has 0 aliphatic rings. The molecule has 0 spiro atoms. The maximum atomic E-state index is 12.3. The first kappa shape index (κ1) is 21.3. The first-order valence-corrected chi connectivity index (χ1v) is 9.81. The first-order valence-electron chi connectivity index (χ1n) is 9.43. The number of hydrogen-bond donors (Lipinski definition) is 2. The molecule has 30 heavy (non-hydrogen) atoms. The number of primary amides is 1. The number of halogens is 1. The topological polar surface area (TPSA) is 90.0 Å². The minimum absolute atomic E-state index is 0.279. The van der Waals surface area contributed by atoms with Crippen molar-refractivity contribution in [2.75, 3.05) is 5.32 Å². The fourth-order valence-corrected chi connectivity index (χ4v) is 3.45. The van der Waals surface area contributed by atoms with Gasteiger partial charge in [0, 0.05) is 33.6 Å². The lowest BCUT2D eigenvalue weighted by Crippen LogP contribution is -2.13. The van der Waals surface area contributed by atoms with Crippen LogP contribution in [0.3, 0.4) is 0 Å². The van der Waals surface area contributed by atoms with E-state index in [1.54, 1.807) is 31.2 Å². The molecule has 0 fully saturated rings. The molecule has 6 nitrogen and oxygen atoms in total. The third-order valence-electron chi connectivity index (χ3n) is 4.88. The molecule has 0 radical (unpaired) electrons. The zero-order valence-corrected chi connectivity index (χ0v) is 17.8. The highest BCUT2D eigenvalue weighted by Gasteiger charge is 2.11. The van der Waals surface area contributed by atoms with Gasteiger partial charge in [-0.1, -0.05) is 29.8 Å². The minimum Gasteiger partial charge on any atom is -0.366 e. The van der Waals surface area contributed by atoms with Crippen LogP contribution in [0.5, 0.6) is 0 Å². The summed E-state index contributed by atoms with van der Waals surface area (Å²) < 4.78 is 1.88. The molecule has 2 amide bonds. The highest BCUT2D eigenvalue weighted by molar-refractivity contribution is 6.31. The van der Waals surface area contributed by atoms with Crippen molar-refractivity contribution in [1.29, 1.82) is 0 Å². The van der Waals surface area contributed by atoms with E-state index in [0.29, 0.717) is 28.4 Å². The number of nitrogens with zero attached hydrogens (tertiary/aromatic N) is 2. The van der Waals surface area contributed by atoms with Gasteiger partial charge in [-0.3, -0.25) is 14.3 Å². The van der Waals surface area contributed by atoms with Crippen molar-refractivity contribution in [3.8, 4) is 0 Å². The summed E-state index contributed by atoms with van der Waals surface area (Å²) in [6.45, 7) is 6.18. The molecule has 3 aromatic rings. The van der Waals surface area contributed by atoms with Gasteiger partial charge in [-0.25, -0.2) is 0 Å². The number of hydrogen-bond acceptors (Lipinski definition) is 3. The zero-order chi connectivity index (χ0) is 21.8. The Morgan fingerprint density at radius 1 is 1.17 bits per heavy atom. The van der Waals surface area contributed by atoms with Crippen molar-refractivity contribution in [3.63, 3.8) is 0 Å². The van der Waals surface area contributed by atoms with E-state index in [9.17, 15) is 9.59 Å². The molecular weight excluding hydrogens is 400 g/mol. The number of carbonyl (C=O) groups is 2. The van der Waals surface area contributed by atoms with Gasteiger partial charge in [0.2, 0.25) is 11.8 Å². The quantitative estimate of drug-likeness (QED) is 0.581. The predicted octanol–water partition coefficient (Wildman–Crippen LogP) is 4.26. The van der Waals surface area contributed by atoms with Gasteiger partial charge in [0.05, 0.1) is 12.2 Å². The Labute approximate surface area is 180 Å². The molecular formula is C23H23ClN4O2.